The number of fused-ring (bicyclic) bond motifs is 3. The van der Waals surface area contributed by atoms with Crippen LogP contribution in [0.2, 0.25) is 0 Å². The van der Waals surface area contributed by atoms with E-state index in [1.807, 2.05) is 17.0 Å². The molecule has 3 unspecified atom stereocenters. The second kappa shape index (κ2) is 16.9. The maximum absolute atomic E-state index is 12.8. The first-order valence-corrected chi connectivity index (χ1v) is 20.9. The lowest BCUT2D eigenvalue weighted by Gasteiger charge is -2.54. The SMILES string of the molecule is CN1CCC2(CC1)CN(c1ccc(C3c4ccc(O)cc4CCC3c3ccccc3)cc1)C2.CNC(=O)C(CCC=O)N1C(=O)c2cc3c(cc2C1=O)CN(CC=O)C3. The molecule has 59 heavy (non-hydrogen) atoms. The molecule has 0 aromatic heterocycles. The first-order valence-electron chi connectivity index (χ1n) is 20.9. The molecule has 2 saturated heterocycles. The van der Waals surface area contributed by atoms with E-state index in [4.69, 9.17) is 0 Å². The lowest BCUT2D eigenvalue weighted by atomic mass is 9.69. The van der Waals surface area contributed by atoms with Crippen molar-refractivity contribution in [3.63, 3.8) is 0 Å². The Labute approximate surface area is 346 Å². The number of likely N-dealkylation sites (tertiary alicyclic amines) is 1. The summed E-state index contributed by atoms with van der Waals surface area (Å²) in [7, 11) is 3.67. The van der Waals surface area contributed by atoms with Gasteiger partial charge in [0.25, 0.3) is 11.8 Å². The molecule has 2 N–H and O–H groups in total. The fourth-order valence-corrected chi connectivity index (χ4v) is 10.0. The number of imide groups is 1. The predicted octanol–water partition coefficient (Wildman–Crippen LogP) is 5.68. The van der Waals surface area contributed by atoms with Gasteiger partial charge in [-0.15, -0.1) is 0 Å². The number of amides is 3. The molecule has 4 aromatic carbocycles. The van der Waals surface area contributed by atoms with Gasteiger partial charge in [0, 0.05) is 56.7 Å². The minimum atomic E-state index is -1.01. The van der Waals surface area contributed by atoms with Crippen LogP contribution in [0.4, 0.5) is 5.69 Å². The van der Waals surface area contributed by atoms with Gasteiger partial charge in [-0.25, -0.2) is 0 Å². The van der Waals surface area contributed by atoms with Gasteiger partial charge in [0.15, 0.2) is 0 Å². The third kappa shape index (κ3) is 7.93. The van der Waals surface area contributed by atoms with Crippen LogP contribution in [0.15, 0.2) is 84.9 Å². The van der Waals surface area contributed by atoms with E-state index in [2.05, 4.69) is 82.8 Å². The van der Waals surface area contributed by atoms with E-state index >= 15 is 0 Å². The first kappa shape index (κ1) is 40.1. The van der Waals surface area contributed by atoms with E-state index in [0.717, 1.165) is 35.2 Å². The number of hydrogen-bond donors (Lipinski definition) is 2. The van der Waals surface area contributed by atoms with Gasteiger partial charge in [0.2, 0.25) is 5.91 Å². The van der Waals surface area contributed by atoms with Crippen molar-refractivity contribution in [2.75, 3.05) is 51.7 Å². The molecule has 11 heteroatoms. The molecule has 0 saturated carbocycles. The molecule has 1 aliphatic carbocycles. The number of benzene rings is 4. The number of carbonyl (C=O) groups is 5. The van der Waals surface area contributed by atoms with Crippen LogP contribution in [-0.2, 0) is 33.9 Å². The summed E-state index contributed by atoms with van der Waals surface area (Å²) in [5.74, 6) is -0.377. The number of hydrogen-bond acceptors (Lipinski definition) is 9. The number of aryl methyl sites for hydroxylation is 1. The monoisotopic (exact) mass is 795 g/mol. The number of piperidine rings is 1. The van der Waals surface area contributed by atoms with Crippen molar-refractivity contribution >= 4 is 36.0 Å². The first-order chi connectivity index (χ1) is 28.6. The van der Waals surface area contributed by atoms with E-state index in [1.165, 1.54) is 74.0 Å². The highest BCUT2D eigenvalue weighted by Gasteiger charge is 2.45. The normalized spacial score (nSPS) is 21.1. The highest BCUT2D eigenvalue weighted by molar-refractivity contribution is 6.23. The van der Waals surface area contributed by atoms with Gasteiger partial charge in [-0.2, -0.15) is 0 Å². The zero-order valence-electron chi connectivity index (χ0n) is 33.9. The summed E-state index contributed by atoms with van der Waals surface area (Å²) in [4.78, 5) is 67.0. The quantitative estimate of drug-likeness (QED) is 0.154. The molecule has 4 heterocycles. The number of carbonyl (C=O) groups excluding carboxylic acids is 5. The van der Waals surface area contributed by atoms with Crippen LogP contribution in [0.5, 0.6) is 5.75 Å². The van der Waals surface area contributed by atoms with E-state index in [9.17, 15) is 29.1 Å². The number of anilines is 1. The molecule has 2 fully saturated rings. The van der Waals surface area contributed by atoms with Crippen molar-refractivity contribution in [1.82, 2.24) is 20.0 Å². The van der Waals surface area contributed by atoms with Crippen molar-refractivity contribution in [3.05, 3.63) is 129 Å². The molecule has 5 aliphatic rings. The van der Waals surface area contributed by atoms with Gasteiger partial charge >= 0.3 is 0 Å². The number of aldehydes is 2. The van der Waals surface area contributed by atoms with Gasteiger partial charge in [-0.05, 0) is 128 Å². The molecule has 11 nitrogen and oxygen atoms in total. The average Bonchev–Trinajstić information content (AvgIpc) is 3.75. The number of phenolic OH excluding ortho intramolecular Hbond substituents is 1. The number of nitrogens with zero attached hydrogens (tertiary/aromatic N) is 4. The van der Waals surface area contributed by atoms with E-state index < -0.39 is 23.8 Å². The number of likely N-dealkylation sites (N-methyl/N-ethyl adjacent to an activating group) is 1. The number of phenols is 1. The molecule has 4 aliphatic heterocycles. The average molecular weight is 796 g/mol. The van der Waals surface area contributed by atoms with Crippen LogP contribution in [0.1, 0.15) is 98.0 Å². The van der Waals surface area contributed by atoms with Crippen molar-refractivity contribution in [2.45, 2.75) is 69.5 Å². The number of rotatable bonds is 10. The van der Waals surface area contributed by atoms with Gasteiger partial charge in [-0.3, -0.25) is 24.2 Å². The van der Waals surface area contributed by atoms with Crippen LogP contribution in [0, 0.1) is 5.41 Å². The van der Waals surface area contributed by atoms with Gasteiger partial charge in [0.1, 0.15) is 24.4 Å². The largest absolute Gasteiger partial charge is 0.508 e. The fraction of sp³-hybridized carbons (Fsp3) is 0.396. The third-order valence-corrected chi connectivity index (χ3v) is 13.3. The van der Waals surface area contributed by atoms with Crippen LogP contribution in [0.3, 0.4) is 0 Å². The zero-order valence-corrected chi connectivity index (χ0v) is 33.9. The van der Waals surface area contributed by atoms with E-state index in [-0.39, 0.29) is 30.5 Å². The lowest BCUT2D eigenvalue weighted by Crippen LogP contribution is -2.60. The van der Waals surface area contributed by atoms with Gasteiger partial charge in [0.05, 0.1) is 17.7 Å². The fourth-order valence-electron chi connectivity index (χ4n) is 10.0. The standard InChI is InChI=1S/C30H34N2O.C18H19N3O5/c1-31-17-15-30(16-18-31)20-32(21-30)25-10-7-23(8-11-25)29-27(22-5-3-2-4-6-22)13-9-24-19-26(33)12-14-28(24)29;1-19-16(24)15(3-2-5-22)21-17(25)13-7-11-9-20(4-6-23)10-12(11)8-14(13)18(21)26/h2-8,10-12,14,19,27,29,33H,9,13,15-18,20-21H2,1H3;5-8,15H,2-4,9-10H2,1H3,(H,19,24). The second-order valence-electron chi connectivity index (χ2n) is 17.0. The Hall–Kier alpha value is -5.65. The zero-order chi connectivity index (χ0) is 41.3. The molecule has 0 radical (unpaired) electrons. The Morgan fingerprint density at radius 3 is 2.12 bits per heavy atom. The summed E-state index contributed by atoms with van der Waals surface area (Å²) in [6.45, 7) is 6.25. The summed E-state index contributed by atoms with van der Waals surface area (Å²) in [6.07, 6.45) is 6.43. The molecule has 1 spiro atoms. The Morgan fingerprint density at radius 2 is 1.51 bits per heavy atom. The molecular weight excluding hydrogens is 743 g/mol. The molecule has 0 bridgehead atoms. The Morgan fingerprint density at radius 1 is 0.847 bits per heavy atom. The van der Waals surface area contributed by atoms with Crippen molar-refractivity contribution in [2.24, 2.45) is 5.41 Å². The second-order valence-corrected chi connectivity index (χ2v) is 17.0. The molecule has 3 amide bonds. The Bertz CT molecular complexity index is 2180. The molecule has 4 aromatic rings. The van der Waals surface area contributed by atoms with Gasteiger partial charge in [-0.1, -0.05) is 48.5 Å². The van der Waals surface area contributed by atoms with E-state index in [1.54, 1.807) is 12.1 Å². The molecular formula is C48H53N5O6. The molecule has 306 valence electrons. The summed E-state index contributed by atoms with van der Waals surface area (Å²) < 4.78 is 0. The highest BCUT2D eigenvalue weighted by atomic mass is 16.3. The van der Waals surface area contributed by atoms with Crippen LogP contribution in [-0.4, -0.2) is 103 Å². The van der Waals surface area contributed by atoms with Crippen LogP contribution < -0.4 is 10.2 Å². The van der Waals surface area contributed by atoms with Crippen LogP contribution in [0.25, 0.3) is 0 Å². The van der Waals surface area contributed by atoms with Crippen LogP contribution >= 0.6 is 0 Å². The highest BCUT2D eigenvalue weighted by Crippen LogP contribution is 2.48. The maximum Gasteiger partial charge on any atom is 0.262 e. The Kier molecular flexibility index (Phi) is 11.5. The topological polar surface area (TPSA) is 131 Å². The van der Waals surface area contributed by atoms with Crippen molar-refractivity contribution < 1.29 is 29.1 Å². The molecule has 9 rings (SSSR count). The van der Waals surface area contributed by atoms with Gasteiger partial charge < -0.3 is 29.8 Å². The number of nitrogens with one attached hydrogen (secondary N) is 1. The summed E-state index contributed by atoms with van der Waals surface area (Å²) in [5, 5.41) is 12.5. The third-order valence-electron chi connectivity index (χ3n) is 13.3. The number of aromatic hydroxyl groups is 1. The smallest absolute Gasteiger partial charge is 0.262 e. The van der Waals surface area contributed by atoms with Crippen molar-refractivity contribution in [1.29, 1.82) is 0 Å². The summed E-state index contributed by atoms with van der Waals surface area (Å²) >= 11 is 0. The maximum atomic E-state index is 12.8. The van der Waals surface area contributed by atoms with E-state index in [0.29, 0.717) is 42.4 Å². The Balaban J connectivity index is 0.000000169. The minimum absolute atomic E-state index is 0.0721. The molecule has 3 atom stereocenters. The van der Waals surface area contributed by atoms with Crippen molar-refractivity contribution in [3.8, 4) is 5.75 Å². The minimum Gasteiger partial charge on any atom is -0.508 e. The summed E-state index contributed by atoms with van der Waals surface area (Å²) in [6, 6.07) is 28.7. The lowest BCUT2D eigenvalue weighted by molar-refractivity contribution is -0.124. The summed E-state index contributed by atoms with van der Waals surface area (Å²) in [5.41, 5.74) is 9.71. The predicted molar refractivity (Wildman–Crippen MR) is 226 cm³/mol.